The minimum Gasteiger partial charge on any atom is -0.364 e. The van der Waals surface area contributed by atoms with Crippen LogP contribution in [0.4, 0.5) is 10.2 Å². The van der Waals surface area contributed by atoms with Crippen molar-refractivity contribution in [1.82, 2.24) is 9.97 Å². The number of nitrogens with one attached hydrogen (secondary N) is 1. The first kappa shape index (κ1) is 12.5. The Morgan fingerprint density at radius 2 is 1.78 bits per heavy atom. The third-order valence-electron chi connectivity index (χ3n) is 2.65. The van der Waals surface area contributed by atoms with Crippen LogP contribution in [0.15, 0.2) is 36.7 Å². The van der Waals surface area contributed by atoms with E-state index in [0.717, 1.165) is 17.1 Å². The number of rotatable bonds is 4. The fraction of sp³-hybridized carbons (Fsp3) is 0.286. The molecule has 0 bridgehead atoms. The molecule has 0 atom stereocenters. The highest BCUT2D eigenvalue weighted by Gasteiger charge is 2.08. The smallest absolute Gasteiger partial charge is 0.148 e. The highest BCUT2D eigenvalue weighted by Crippen LogP contribution is 2.19. The Kier molecular flexibility index (Phi) is 3.87. The van der Waals surface area contributed by atoms with Gasteiger partial charge in [-0.25, -0.2) is 9.37 Å². The highest BCUT2D eigenvalue weighted by atomic mass is 19.1. The van der Waals surface area contributed by atoms with E-state index in [1.165, 1.54) is 12.1 Å². The standard InChI is InChI=1S/C14H16FN3/c1-10(2)13-14(17-8-7-16-13)18-9-11-3-5-12(15)6-4-11/h3-8,10H,9H2,1-2H3,(H,17,18). The lowest BCUT2D eigenvalue weighted by Gasteiger charge is -2.12. The fourth-order valence-electron chi connectivity index (χ4n) is 1.70. The second kappa shape index (κ2) is 5.58. The first-order chi connectivity index (χ1) is 8.66. The van der Waals surface area contributed by atoms with Crippen molar-refractivity contribution in [1.29, 1.82) is 0 Å². The van der Waals surface area contributed by atoms with Gasteiger partial charge in [0, 0.05) is 18.9 Å². The lowest BCUT2D eigenvalue weighted by molar-refractivity contribution is 0.627. The zero-order chi connectivity index (χ0) is 13.0. The molecule has 1 N–H and O–H groups in total. The van der Waals surface area contributed by atoms with E-state index in [2.05, 4.69) is 29.1 Å². The summed E-state index contributed by atoms with van der Waals surface area (Å²) in [6, 6.07) is 6.43. The molecule has 1 aromatic heterocycles. The number of nitrogens with zero attached hydrogens (tertiary/aromatic N) is 2. The SMILES string of the molecule is CC(C)c1nccnc1NCc1ccc(F)cc1. The van der Waals surface area contributed by atoms with E-state index in [1.54, 1.807) is 24.5 Å². The van der Waals surface area contributed by atoms with Gasteiger partial charge in [-0.15, -0.1) is 0 Å². The molecule has 2 rings (SSSR count). The predicted octanol–water partition coefficient (Wildman–Crippen LogP) is 3.35. The van der Waals surface area contributed by atoms with Crippen molar-refractivity contribution in [3.05, 3.63) is 53.7 Å². The molecule has 0 radical (unpaired) electrons. The molecule has 0 amide bonds. The minimum atomic E-state index is -0.221. The first-order valence-electron chi connectivity index (χ1n) is 5.96. The number of benzene rings is 1. The topological polar surface area (TPSA) is 37.8 Å². The fourth-order valence-corrected chi connectivity index (χ4v) is 1.70. The Morgan fingerprint density at radius 1 is 1.11 bits per heavy atom. The van der Waals surface area contributed by atoms with Gasteiger partial charge in [-0.05, 0) is 23.6 Å². The Labute approximate surface area is 106 Å². The van der Waals surface area contributed by atoms with E-state index in [0.29, 0.717) is 12.5 Å². The Bertz CT molecular complexity index is 509. The van der Waals surface area contributed by atoms with Crippen molar-refractivity contribution in [2.75, 3.05) is 5.32 Å². The van der Waals surface area contributed by atoms with Gasteiger partial charge in [-0.1, -0.05) is 26.0 Å². The van der Waals surface area contributed by atoms with E-state index in [4.69, 9.17) is 0 Å². The molecule has 3 nitrogen and oxygen atoms in total. The third kappa shape index (κ3) is 3.03. The summed E-state index contributed by atoms with van der Waals surface area (Å²) in [6.07, 6.45) is 3.36. The zero-order valence-electron chi connectivity index (χ0n) is 10.5. The number of anilines is 1. The second-order valence-electron chi connectivity index (χ2n) is 4.42. The van der Waals surface area contributed by atoms with Gasteiger partial charge in [-0.3, -0.25) is 4.98 Å². The molecule has 94 valence electrons. The lowest BCUT2D eigenvalue weighted by atomic mass is 10.1. The zero-order valence-corrected chi connectivity index (χ0v) is 10.5. The van der Waals surface area contributed by atoms with Gasteiger partial charge in [0.2, 0.25) is 0 Å². The average Bonchev–Trinajstić information content (AvgIpc) is 2.38. The van der Waals surface area contributed by atoms with Gasteiger partial charge in [0.25, 0.3) is 0 Å². The molecule has 0 aliphatic heterocycles. The molecule has 0 saturated heterocycles. The Balaban J connectivity index is 2.08. The maximum absolute atomic E-state index is 12.8. The quantitative estimate of drug-likeness (QED) is 0.897. The van der Waals surface area contributed by atoms with Gasteiger partial charge in [0.15, 0.2) is 0 Å². The number of hydrogen-bond donors (Lipinski definition) is 1. The monoisotopic (exact) mass is 245 g/mol. The molecule has 0 spiro atoms. The Morgan fingerprint density at radius 3 is 2.44 bits per heavy atom. The molecule has 1 aromatic carbocycles. The lowest BCUT2D eigenvalue weighted by Crippen LogP contribution is -2.07. The summed E-state index contributed by atoms with van der Waals surface area (Å²) in [7, 11) is 0. The molecule has 0 fully saturated rings. The molecule has 2 aromatic rings. The predicted molar refractivity (Wildman–Crippen MR) is 69.8 cm³/mol. The van der Waals surface area contributed by atoms with Crippen LogP contribution in [0.2, 0.25) is 0 Å². The van der Waals surface area contributed by atoms with E-state index < -0.39 is 0 Å². The summed E-state index contributed by atoms with van der Waals surface area (Å²) < 4.78 is 12.8. The Hall–Kier alpha value is -1.97. The molecule has 0 aliphatic rings. The molecule has 0 unspecified atom stereocenters. The molecule has 1 heterocycles. The summed E-state index contributed by atoms with van der Waals surface area (Å²) in [4.78, 5) is 8.60. The van der Waals surface area contributed by atoms with E-state index in [-0.39, 0.29) is 5.82 Å². The van der Waals surface area contributed by atoms with Crippen LogP contribution in [0.1, 0.15) is 31.0 Å². The van der Waals surface area contributed by atoms with Crippen LogP contribution >= 0.6 is 0 Å². The van der Waals surface area contributed by atoms with E-state index in [9.17, 15) is 4.39 Å². The molecule has 18 heavy (non-hydrogen) atoms. The van der Waals surface area contributed by atoms with Crippen LogP contribution in [0, 0.1) is 5.82 Å². The van der Waals surface area contributed by atoms with Crippen LogP contribution in [0.3, 0.4) is 0 Å². The van der Waals surface area contributed by atoms with E-state index >= 15 is 0 Å². The van der Waals surface area contributed by atoms with Gasteiger partial charge in [-0.2, -0.15) is 0 Å². The summed E-state index contributed by atoms with van der Waals surface area (Å²) in [5.74, 6) is 0.882. The van der Waals surface area contributed by atoms with Crippen molar-refractivity contribution in [2.24, 2.45) is 0 Å². The second-order valence-corrected chi connectivity index (χ2v) is 4.42. The maximum Gasteiger partial charge on any atom is 0.148 e. The van der Waals surface area contributed by atoms with Crippen molar-refractivity contribution in [2.45, 2.75) is 26.3 Å². The number of halogens is 1. The average molecular weight is 245 g/mol. The van der Waals surface area contributed by atoms with Gasteiger partial charge >= 0.3 is 0 Å². The number of hydrogen-bond acceptors (Lipinski definition) is 3. The first-order valence-corrected chi connectivity index (χ1v) is 5.96. The largest absolute Gasteiger partial charge is 0.364 e. The normalized spacial score (nSPS) is 10.7. The van der Waals surface area contributed by atoms with Crippen LogP contribution in [-0.4, -0.2) is 9.97 Å². The van der Waals surface area contributed by atoms with Crippen molar-refractivity contribution < 1.29 is 4.39 Å². The van der Waals surface area contributed by atoms with Crippen LogP contribution in [-0.2, 0) is 6.54 Å². The van der Waals surface area contributed by atoms with Crippen LogP contribution < -0.4 is 5.32 Å². The molecule has 4 heteroatoms. The van der Waals surface area contributed by atoms with Crippen LogP contribution in [0.25, 0.3) is 0 Å². The van der Waals surface area contributed by atoms with E-state index in [1.807, 2.05) is 0 Å². The summed E-state index contributed by atoms with van der Waals surface area (Å²) in [5, 5.41) is 3.23. The maximum atomic E-state index is 12.8. The van der Waals surface area contributed by atoms with Crippen molar-refractivity contribution >= 4 is 5.82 Å². The molecule has 0 saturated carbocycles. The van der Waals surface area contributed by atoms with Crippen molar-refractivity contribution in [3.8, 4) is 0 Å². The van der Waals surface area contributed by atoms with Crippen molar-refractivity contribution in [3.63, 3.8) is 0 Å². The summed E-state index contributed by atoms with van der Waals surface area (Å²) >= 11 is 0. The third-order valence-corrected chi connectivity index (χ3v) is 2.65. The summed E-state index contributed by atoms with van der Waals surface area (Å²) in [5.41, 5.74) is 1.95. The molecular weight excluding hydrogens is 229 g/mol. The van der Waals surface area contributed by atoms with Gasteiger partial charge in [0.05, 0.1) is 5.69 Å². The van der Waals surface area contributed by atoms with Gasteiger partial charge in [0.1, 0.15) is 11.6 Å². The number of aromatic nitrogens is 2. The molecule has 0 aliphatic carbocycles. The molecular formula is C14H16FN3. The summed E-state index contributed by atoms with van der Waals surface area (Å²) in [6.45, 7) is 4.76. The highest BCUT2D eigenvalue weighted by molar-refractivity contribution is 5.41. The van der Waals surface area contributed by atoms with Gasteiger partial charge < -0.3 is 5.32 Å². The minimum absolute atomic E-state index is 0.221. The van der Waals surface area contributed by atoms with Crippen LogP contribution in [0.5, 0.6) is 0 Å².